The van der Waals surface area contributed by atoms with Crippen LogP contribution in [0.25, 0.3) is 0 Å². The summed E-state index contributed by atoms with van der Waals surface area (Å²) in [5, 5.41) is 0. The standard InChI is InChI=1S/C5H8O5S.K/c1-2-5(6)10-3-4-11(7,8)9;/h2H,1,3-4H2,(H,7,8,9);/q;+1/p-1. The quantitative estimate of drug-likeness (QED) is 0.210. The fraction of sp³-hybridized carbons (Fsp3) is 0.400. The predicted octanol–water partition coefficient (Wildman–Crippen LogP) is -3.74. The zero-order valence-electron chi connectivity index (χ0n) is 6.65. The Balaban J connectivity index is 0. The minimum absolute atomic E-state index is 0. The van der Waals surface area contributed by atoms with Gasteiger partial charge in [-0.15, -0.1) is 0 Å². The van der Waals surface area contributed by atoms with E-state index in [4.69, 9.17) is 0 Å². The van der Waals surface area contributed by atoms with E-state index in [2.05, 4.69) is 11.3 Å². The average Bonchev–Trinajstić information content (AvgIpc) is 1.85. The van der Waals surface area contributed by atoms with Gasteiger partial charge in [-0.25, -0.2) is 13.2 Å². The van der Waals surface area contributed by atoms with Crippen LogP contribution in [0.15, 0.2) is 12.7 Å². The van der Waals surface area contributed by atoms with E-state index >= 15 is 0 Å². The van der Waals surface area contributed by atoms with Gasteiger partial charge in [0.1, 0.15) is 6.61 Å². The van der Waals surface area contributed by atoms with Crippen LogP contribution in [0, 0.1) is 0 Å². The number of carbonyl (C=O) groups is 1. The second-order valence-corrected chi connectivity index (χ2v) is 3.16. The van der Waals surface area contributed by atoms with Crippen molar-refractivity contribution in [1.29, 1.82) is 0 Å². The van der Waals surface area contributed by atoms with Crippen LogP contribution in [0.3, 0.4) is 0 Å². The van der Waals surface area contributed by atoms with Gasteiger partial charge in [-0.05, 0) is 0 Å². The molecule has 0 radical (unpaired) electrons. The molecule has 0 N–H and O–H groups in total. The first-order chi connectivity index (χ1) is 4.95. The van der Waals surface area contributed by atoms with E-state index in [1.54, 1.807) is 0 Å². The largest absolute Gasteiger partial charge is 1.00 e. The summed E-state index contributed by atoms with van der Waals surface area (Å²) in [6.07, 6.45) is 0.886. The molecule has 0 atom stereocenters. The summed E-state index contributed by atoms with van der Waals surface area (Å²) in [7, 11) is -4.29. The van der Waals surface area contributed by atoms with Crippen LogP contribution in [-0.2, 0) is 19.6 Å². The maximum atomic E-state index is 10.3. The van der Waals surface area contributed by atoms with Crippen molar-refractivity contribution in [2.24, 2.45) is 0 Å². The van der Waals surface area contributed by atoms with Gasteiger partial charge in [0.25, 0.3) is 0 Å². The zero-order valence-corrected chi connectivity index (χ0v) is 10.6. The normalized spacial score (nSPS) is 9.75. The molecule has 0 aromatic heterocycles. The summed E-state index contributed by atoms with van der Waals surface area (Å²) in [6, 6.07) is 0. The van der Waals surface area contributed by atoms with Gasteiger partial charge in [0, 0.05) is 6.08 Å². The molecule has 0 aliphatic heterocycles. The van der Waals surface area contributed by atoms with Crippen LogP contribution in [-0.4, -0.2) is 31.3 Å². The average molecular weight is 218 g/mol. The molecule has 0 amide bonds. The molecular formula is C5H7KO5S. The molecule has 0 fully saturated rings. The van der Waals surface area contributed by atoms with E-state index in [1.807, 2.05) is 0 Å². The Morgan fingerprint density at radius 2 is 2.08 bits per heavy atom. The van der Waals surface area contributed by atoms with Gasteiger partial charge in [-0.2, -0.15) is 0 Å². The van der Waals surface area contributed by atoms with Crippen molar-refractivity contribution >= 4 is 16.1 Å². The van der Waals surface area contributed by atoms with Crippen molar-refractivity contribution in [1.82, 2.24) is 0 Å². The Labute approximate surface area is 113 Å². The van der Waals surface area contributed by atoms with Crippen LogP contribution in [0.4, 0.5) is 0 Å². The van der Waals surface area contributed by atoms with Gasteiger partial charge in [0.05, 0.1) is 15.9 Å². The molecule has 12 heavy (non-hydrogen) atoms. The van der Waals surface area contributed by atoms with E-state index in [-0.39, 0.29) is 51.4 Å². The van der Waals surface area contributed by atoms with Crippen molar-refractivity contribution in [2.75, 3.05) is 12.4 Å². The molecule has 0 rings (SSSR count). The minimum atomic E-state index is -4.29. The molecule has 0 aromatic rings. The van der Waals surface area contributed by atoms with Gasteiger partial charge < -0.3 is 9.29 Å². The first kappa shape index (κ1) is 15.2. The Morgan fingerprint density at radius 1 is 1.58 bits per heavy atom. The third kappa shape index (κ3) is 10.8. The van der Waals surface area contributed by atoms with Crippen LogP contribution >= 0.6 is 0 Å². The van der Waals surface area contributed by atoms with Crippen molar-refractivity contribution in [3.05, 3.63) is 12.7 Å². The summed E-state index contributed by atoms with van der Waals surface area (Å²) in [4.78, 5) is 10.3. The Morgan fingerprint density at radius 3 is 2.42 bits per heavy atom. The third-order valence-corrected chi connectivity index (χ3v) is 1.41. The number of carbonyl (C=O) groups excluding carboxylic acids is 1. The van der Waals surface area contributed by atoms with E-state index in [0.717, 1.165) is 6.08 Å². The van der Waals surface area contributed by atoms with Gasteiger partial charge in [0.2, 0.25) is 0 Å². The molecule has 0 saturated heterocycles. The maximum Gasteiger partial charge on any atom is 1.00 e. The monoisotopic (exact) mass is 218 g/mol. The number of hydrogen-bond acceptors (Lipinski definition) is 5. The number of rotatable bonds is 4. The molecule has 7 heteroatoms. The van der Waals surface area contributed by atoms with E-state index < -0.39 is 28.4 Å². The maximum absolute atomic E-state index is 10.3. The summed E-state index contributed by atoms with van der Waals surface area (Å²) >= 11 is 0. The fourth-order valence-corrected chi connectivity index (χ4v) is 0.591. The van der Waals surface area contributed by atoms with Gasteiger partial charge in [-0.1, -0.05) is 6.58 Å². The molecule has 0 aromatic carbocycles. The van der Waals surface area contributed by atoms with Crippen molar-refractivity contribution in [3.8, 4) is 0 Å². The summed E-state index contributed by atoms with van der Waals surface area (Å²) < 4.78 is 34.0. The first-order valence-electron chi connectivity index (χ1n) is 2.68. The van der Waals surface area contributed by atoms with E-state index in [0.29, 0.717) is 0 Å². The summed E-state index contributed by atoms with van der Waals surface area (Å²) in [5.41, 5.74) is 0. The molecule has 0 bridgehead atoms. The van der Waals surface area contributed by atoms with Crippen LogP contribution in [0.5, 0.6) is 0 Å². The van der Waals surface area contributed by atoms with E-state index in [1.165, 1.54) is 0 Å². The number of hydrogen-bond donors (Lipinski definition) is 0. The van der Waals surface area contributed by atoms with Gasteiger partial charge in [0.15, 0.2) is 0 Å². The zero-order chi connectivity index (χ0) is 8.91. The van der Waals surface area contributed by atoms with Crippen molar-refractivity contribution < 1.29 is 73.9 Å². The van der Waals surface area contributed by atoms with Crippen molar-refractivity contribution in [2.45, 2.75) is 0 Å². The molecule has 64 valence electrons. The molecule has 0 unspecified atom stereocenters. The van der Waals surface area contributed by atoms with Crippen LogP contribution in [0.2, 0.25) is 0 Å². The predicted molar refractivity (Wildman–Crippen MR) is 35.7 cm³/mol. The molecule has 0 heterocycles. The summed E-state index contributed by atoms with van der Waals surface area (Å²) in [5.74, 6) is -1.44. The minimum Gasteiger partial charge on any atom is -0.748 e. The van der Waals surface area contributed by atoms with Gasteiger partial charge >= 0.3 is 57.4 Å². The van der Waals surface area contributed by atoms with Crippen molar-refractivity contribution in [3.63, 3.8) is 0 Å². The second kappa shape index (κ2) is 7.19. The molecule has 0 aliphatic carbocycles. The molecule has 0 saturated carbocycles. The fourth-order valence-electron chi connectivity index (χ4n) is 0.303. The Bertz CT molecular complexity index is 245. The molecule has 5 nitrogen and oxygen atoms in total. The van der Waals surface area contributed by atoms with Crippen LogP contribution in [0.1, 0.15) is 0 Å². The number of ether oxygens (including phenoxy) is 1. The molecular weight excluding hydrogens is 211 g/mol. The third-order valence-electron chi connectivity index (χ3n) is 0.744. The Hall–Kier alpha value is 0.756. The first-order valence-corrected chi connectivity index (χ1v) is 4.26. The SMILES string of the molecule is C=CC(=O)OCCS(=O)(=O)[O-].[K+]. The van der Waals surface area contributed by atoms with Gasteiger partial charge in [-0.3, -0.25) is 0 Å². The van der Waals surface area contributed by atoms with E-state index in [9.17, 15) is 17.8 Å². The Kier molecular flexibility index (Phi) is 9.13. The molecule has 0 aliphatic rings. The van der Waals surface area contributed by atoms with Crippen LogP contribution < -0.4 is 51.4 Å². The number of esters is 1. The summed E-state index contributed by atoms with van der Waals surface area (Å²) in [6.45, 7) is 2.65. The molecule has 0 spiro atoms. The second-order valence-electron chi connectivity index (χ2n) is 1.63. The topological polar surface area (TPSA) is 83.5 Å². The smallest absolute Gasteiger partial charge is 0.748 e.